The monoisotopic (exact) mass is 310 g/mol. The zero-order valence-corrected chi connectivity index (χ0v) is 11.6. The minimum absolute atomic E-state index is 0.0764. The fourth-order valence-electron chi connectivity index (χ4n) is 1.79. The van der Waals surface area contributed by atoms with E-state index < -0.39 is 17.3 Å². The molecular formula is C14H9F3N2OS. The third kappa shape index (κ3) is 3.06. The standard InChI is InChI=1S/C14H9F3N2OS/c1-19-12(6-7-18)21-11(13(19)20)8-9-4-2-3-5-10(9)14(15,16)17/h2-6,8H,1H3/b11-8+,12-6-. The molecule has 7 heteroatoms. The molecule has 1 heterocycles. The Morgan fingerprint density at radius 1 is 1.33 bits per heavy atom. The summed E-state index contributed by atoms with van der Waals surface area (Å²) >= 11 is 0.974. The predicted octanol–water partition coefficient (Wildman–Crippen LogP) is 1.60. The van der Waals surface area contributed by atoms with Crippen LogP contribution in [0.1, 0.15) is 11.1 Å². The van der Waals surface area contributed by atoms with Crippen LogP contribution in [0, 0.1) is 11.3 Å². The van der Waals surface area contributed by atoms with Gasteiger partial charge in [0.25, 0.3) is 5.56 Å². The Balaban J connectivity index is 2.74. The lowest BCUT2D eigenvalue weighted by atomic mass is 10.1. The lowest BCUT2D eigenvalue weighted by Gasteiger charge is -2.09. The van der Waals surface area contributed by atoms with Gasteiger partial charge >= 0.3 is 6.18 Å². The SMILES string of the molecule is Cn1c(=O)/c(=C\c2ccccc2C(F)(F)F)s/c1=C\C#N. The van der Waals surface area contributed by atoms with Gasteiger partial charge in [-0.05, 0) is 17.7 Å². The highest BCUT2D eigenvalue weighted by atomic mass is 32.1. The van der Waals surface area contributed by atoms with Crippen LogP contribution in [-0.2, 0) is 13.2 Å². The number of thiazole rings is 1. The fourth-order valence-corrected chi connectivity index (χ4v) is 2.75. The summed E-state index contributed by atoms with van der Waals surface area (Å²) in [6.45, 7) is 0. The largest absolute Gasteiger partial charge is 0.416 e. The predicted molar refractivity (Wildman–Crippen MR) is 73.9 cm³/mol. The highest BCUT2D eigenvalue weighted by Gasteiger charge is 2.32. The van der Waals surface area contributed by atoms with Crippen LogP contribution >= 0.6 is 11.3 Å². The van der Waals surface area contributed by atoms with Crippen LogP contribution in [-0.4, -0.2) is 4.57 Å². The quantitative estimate of drug-likeness (QED) is 0.803. The van der Waals surface area contributed by atoms with Gasteiger partial charge in [0.2, 0.25) is 0 Å². The number of rotatable bonds is 1. The molecule has 0 aliphatic rings. The van der Waals surface area contributed by atoms with E-state index in [4.69, 9.17) is 5.26 Å². The van der Waals surface area contributed by atoms with Crippen molar-refractivity contribution >= 4 is 23.5 Å². The van der Waals surface area contributed by atoms with Gasteiger partial charge in [-0.25, -0.2) is 0 Å². The molecule has 0 atom stereocenters. The first-order chi connectivity index (χ1) is 9.84. The number of aromatic nitrogens is 1. The molecule has 0 radical (unpaired) electrons. The Kier molecular flexibility index (Phi) is 4.00. The lowest BCUT2D eigenvalue weighted by molar-refractivity contribution is -0.137. The van der Waals surface area contributed by atoms with Crippen LogP contribution in [0.4, 0.5) is 13.2 Å². The zero-order chi connectivity index (χ0) is 15.6. The Labute approximate surface area is 121 Å². The van der Waals surface area contributed by atoms with Crippen molar-refractivity contribution in [3.8, 4) is 6.07 Å². The van der Waals surface area contributed by atoms with E-state index in [2.05, 4.69) is 0 Å². The molecule has 0 aliphatic carbocycles. The second-order valence-electron chi connectivity index (χ2n) is 4.17. The van der Waals surface area contributed by atoms with Crippen LogP contribution < -0.4 is 14.8 Å². The molecule has 21 heavy (non-hydrogen) atoms. The molecule has 0 unspecified atom stereocenters. The van der Waals surface area contributed by atoms with E-state index in [1.54, 1.807) is 6.07 Å². The number of alkyl halides is 3. The molecule has 108 valence electrons. The van der Waals surface area contributed by atoms with Crippen molar-refractivity contribution in [1.82, 2.24) is 4.57 Å². The van der Waals surface area contributed by atoms with Crippen LogP contribution in [0.2, 0.25) is 0 Å². The summed E-state index contributed by atoms with van der Waals surface area (Å²) in [4.78, 5) is 12.0. The van der Waals surface area contributed by atoms with Gasteiger partial charge in [-0.3, -0.25) is 4.79 Å². The summed E-state index contributed by atoms with van der Waals surface area (Å²) in [6, 6.07) is 6.83. The fraction of sp³-hybridized carbons (Fsp3) is 0.143. The first-order valence-corrected chi connectivity index (χ1v) is 6.60. The van der Waals surface area contributed by atoms with Crippen molar-refractivity contribution in [3.63, 3.8) is 0 Å². The van der Waals surface area contributed by atoms with Gasteiger partial charge in [0.05, 0.1) is 16.2 Å². The molecule has 3 nitrogen and oxygen atoms in total. The lowest BCUT2D eigenvalue weighted by Crippen LogP contribution is -2.28. The number of hydrogen-bond donors (Lipinski definition) is 0. The van der Waals surface area contributed by atoms with E-state index in [1.165, 1.54) is 42.0 Å². The van der Waals surface area contributed by atoms with Gasteiger partial charge in [-0.1, -0.05) is 18.2 Å². The third-order valence-corrected chi connectivity index (χ3v) is 3.91. The first kappa shape index (κ1) is 15.1. The molecule has 0 aliphatic heterocycles. The Morgan fingerprint density at radius 2 is 2.00 bits per heavy atom. The minimum atomic E-state index is -4.49. The Bertz CT molecular complexity index is 885. The molecule has 0 saturated carbocycles. The van der Waals surface area contributed by atoms with E-state index in [0.29, 0.717) is 4.66 Å². The van der Waals surface area contributed by atoms with E-state index in [1.807, 2.05) is 0 Å². The number of nitriles is 1. The van der Waals surface area contributed by atoms with Crippen molar-refractivity contribution < 1.29 is 13.2 Å². The summed E-state index contributed by atoms with van der Waals surface area (Å²) in [6.07, 6.45) is -2.11. The van der Waals surface area contributed by atoms with Gasteiger partial charge in [-0.15, -0.1) is 11.3 Å². The highest BCUT2D eigenvalue weighted by molar-refractivity contribution is 7.07. The normalized spacial score (nSPS) is 13.5. The van der Waals surface area contributed by atoms with E-state index in [0.717, 1.165) is 17.4 Å². The molecule has 1 aromatic carbocycles. The van der Waals surface area contributed by atoms with E-state index >= 15 is 0 Å². The van der Waals surface area contributed by atoms with Gasteiger partial charge in [0.15, 0.2) is 0 Å². The Morgan fingerprint density at radius 3 is 2.62 bits per heavy atom. The summed E-state index contributed by atoms with van der Waals surface area (Å²) in [7, 11) is 1.47. The van der Waals surface area contributed by atoms with Crippen molar-refractivity contribution in [2.45, 2.75) is 6.18 Å². The molecule has 0 saturated heterocycles. The molecule has 1 aromatic heterocycles. The number of nitrogens with zero attached hydrogens (tertiary/aromatic N) is 2. The van der Waals surface area contributed by atoms with Crippen LogP contribution in [0.3, 0.4) is 0 Å². The smallest absolute Gasteiger partial charge is 0.301 e. The second kappa shape index (κ2) is 5.58. The van der Waals surface area contributed by atoms with E-state index in [9.17, 15) is 18.0 Å². The summed E-state index contributed by atoms with van der Waals surface area (Å²) in [5.41, 5.74) is -1.31. The zero-order valence-electron chi connectivity index (χ0n) is 10.8. The maximum Gasteiger partial charge on any atom is 0.416 e. The molecule has 2 rings (SSSR count). The second-order valence-corrected chi connectivity index (χ2v) is 5.23. The highest BCUT2D eigenvalue weighted by Crippen LogP contribution is 2.31. The van der Waals surface area contributed by atoms with Crippen molar-refractivity contribution in [3.05, 3.63) is 54.9 Å². The number of benzene rings is 1. The van der Waals surface area contributed by atoms with Gasteiger partial charge in [-0.2, -0.15) is 18.4 Å². The first-order valence-electron chi connectivity index (χ1n) is 5.78. The molecule has 0 fully saturated rings. The molecule has 0 N–H and O–H groups in total. The van der Waals surface area contributed by atoms with Gasteiger partial charge in [0, 0.05) is 13.1 Å². The molecule has 0 spiro atoms. The third-order valence-electron chi connectivity index (χ3n) is 2.80. The van der Waals surface area contributed by atoms with Crippen LogP contribution in [0.5, 0.6) is 0 Å². The van der Waals surface area contributed by atoms with Crippen molar-refractivity contribution in [1.29, 1.82) is 5.26 Å². The minimum Gasteiger partial charge on any atom is -0.301 e. The average Bonchev–Trinajstić information content (AvgIpc) is 2.67. The molecule has 2 aromatic rings. The van der Waals surface area contributed by atoms with Crippen molar-refractivity contribution in [2.24, 2.45) is 7.05 Å². The molecule has 0 bridgehead atoms. The number of hydrogen-bond acceptors (Lipinski definition) is 3. The average molecular weight is 310 g/mol. The Hall–Kier alpha value is -2.33. The molecule has 0 amide bonds. The maximum atomic E-state index is 12.9. The van der Waals surface area contributed by atoms with Gasteiger partial charge in [0.1, 0.15) is 4.66 Å². The topological polar surface area (TPSA) is 45.8 Å². The molecular weight excluding hydrogens is 301 g/mol. The van der Waals surface area contributed by atoms with E-state index in [-0.39, 0.29) is 10.1 Å². The van der Waals surface area contributed by atoms with Gasteiger partial charge < -0.3 is 4.57 Å². The van der Waals surface area contributed by atoms with Crippen LogP contribution in [0.15, 0.2) is 29.1 Å². The summed E-state index contributed by atoms with van der Waals surface area (Å²) in [5.74, 6) is 0. The summed E-state index contributed by atoms with van der Waals surface area (Å²) in [5, 5.41) is 8.61. The number of halogens is 3. The van der Waals surface area contributed by atoms with Crippen molar-refractivity contribution in [2.75, 3.05) is 0 Å². The maximum absolute atomic E-state index is 12.9. The van der Waals surface area contributed by atoms with Crippen LogP contribution in [0.25, 0.3) is 12.2 Å². The summed E-state index contributed by atoms with van der Waals surface area (Å²) < 4.78 is 40.5.